The first kappa shape index (κ1) is 25.6. The molecular formula is C41H24N6. The number of hydrogen-bond donors (Lipinski definition) is 0. The van der Waals surface area contributed by atoms with E-state index in [1.165, 1.54) is 0 Å². The summed E-state index contributed by atoms with van der Waals surface area (Å²) in [6.07, 6.45) is 0. The molecule has 0 aliphatic heterocycles. The highest BCUT2D eigenvalue weighted by Gasteiger charge is 2.25. The van der Waals surface area contributed by atoms with Gasteiger partial charge < -0.3 is 0 Å². The summed E-state index contributed by atoms with van der Waals surface area (Å²) >= 11 is 0. The SMILES string of the molecule is N#Cc1c(-n2c3ccccc3c3ccccc32)nc(-n2c3ccccc3c3ccccc32)nc1-n1c2ccccc2c2ccccc21. The highest BCUT2D eigenvalue weighted by atomic mass is 15.2. The number of benzene rings is 6. The van der Waals surface area contributed by atoms with Gasteiger partial charge in [-0.1, -0.05) is 109 Å². The first-order valence-electron chi connectivity index (χ1n) is 15.6. The predicted octanol–water partition coefficient (Wildman–Crippen LogP) is 9.64. The van der Waals surface area contributed by atoms with Gasteiger partial charge in [0.2, 0.25) is 5.95 Å². The van der Waals surface area contributed by atoms with Crippen molar-refractivity contribution in [2.24, 2.45) is 0 Å². The number of nitriles is 1. The molecule has 6 nitrogen and oxygen atoms in total. The minimum absolute atomic E-state index is 0.396. The van der Waals surface area contributed by atoms with Crippen molar-refractivity contribution in [2.45, 2.75) is 0 Å². The third kappa shape index (κ3) is 3.48. The van der Waals surface area contributed by atoms with E-state index in [9.17, 15) is 5.26 Å². The van der Waals surface area contributed by atoms with Gasteiger partial charge in [-0.3, -0.25) is 13.7 Å². The Kier molecular flexibility index (Phi) is 5.25. The molecule has 0 spiro atoms. The van der Waals surface area contributed by atoms with Crippen LogP contribution in [0.25, 0.3) is 83.0 Å². The van der Waals surface area contributed by atoms with Crippen LogP contribution in [0.5, 0.6) is 0 Å². The van der Waals surface area contributed by atoms with Crippen LogP contribution >= 0.6 is 0 Å². The quantitative estimate of drug-likeness (QED) is 0.203. The number of aromatic nitrogens is 5. The smallest absolute Gasteiger partial charge is 0.238 e. The monoisotopic (exact) mass is 600 g/mol. The van der Waals surface area contributed by atoms with Crippen molar-refractivity contribution in [1.29, 1.82) is 5.26 Å². The second-order valence-electron chi connectivity index (χ2n) is 11.8. The summed E-state index contributed by atoms with van der Waals surface area (Å²) in [5.74, 6) is 1.57. The lowest BCUT2D eigenvalue weighted by Gasteiger charge is -2.17. The molecule has 0 saturated heterocycles. The third-order valence-electron chi connectivity index (χ3n) is 9.33. The number of rotatable bonds is 3. The molecule has 0 saturated carbocycles. The van der Waals surface area contributed by atoms with E-state index in [0.29, 0.717) is 23.1 Å². The highest BCUT2D eigenvalue weighted by Crippen LogP contribution is 2.38. The lowest BCUT2D eigenvalue weighted by Crippen LogP contribution is -2.13. The Bertz CT molecular complexity index is 2640. The summed E-state index contributed by atoms with van der Waals surface area (Å²) in [6.45, 7) is 0. The zero-order valence-electron chi connectivity index (χ0n) is 25.0. The van der Waals surface area contributed by atoms with E-state index in [4.69, 9.17) is 9.97 Å². The van der Waals surface area contributed by atoms with E-state index < -0.39 is 0 Å². The summed E-state index contributed by atoms with van der Waals surface area (Å²) in [4.78, 5) is 10.7. The highest BCUT2D eigenvalue weighted by molar-refractivity contribution is 6.11. The van der Waals surface area contributed by atoms with Gasteiger partial charge in [0.05, 0.1) is 33.1 Å². The maximum Gasteiger partial charge on any atom is 0.238 e. The van der Waals surface area contributed by atoms with E-state index in [-0.39, 0.29) is 0 Å². The lowest BCUT2D eigenvalue weighted by atomic mass is 10.2. The topological polar surface area (TPSA) is 64.4 Å². The summed E-state index contributed by atoms with van der Waals surface area (Å²) in [5.41, 5.74) is 6.30. The van der Waals surface area contributed by atoms with Crippen LogP contribution < -0.4 is 0 Å². The molecule has 6 aromatic carbocycles. The van der Waals surface area contributed by atoms with Gasteiger partial charge in [0.25, 0.3) is 0 Å². The van der Waals surface area contributed by atoms with Crippen LogP contribution in [0.1, 0.15) is 5.56 Å². The van der Waals surface area contributed by atoms with Crippen LogP contribution in [-0.4, -0.2) is 23.7 Å². The van der Waals surface area contributed by atoms with Crippen LogP contribution in [0.2, 0.25) is 0 Å². The first-order chi connectivity index (χ1) is 23.3. The Morgan fingerprint density at radius 1 is 0.362 bits per heavy atom. The Morgan fingerprint density at radius 3 is 0.894 bits per heavy atom. The van der Waals surface area contributed by atoms with Gasteiger partial charge >= 0.3 is 0 Å². The summed E-state index contributed by atoms with van der Waals surface area (Å²) in [6, 6.07) is 52.5. The second-order valence-corrected chi connectivity index (χ2v) is 11.8. The van der Waals surface area contributed by atoms with Crippen molar-refractivity contribution in [2.75, 3.05) is 0 Å². The van der Waals surface area contributed by atoms with Gasteiger partial charge in [-0.15, -0.1) is 0 Å². The molecule has 6 heteroatoms. The van der Waals surface area contributed by atoms with Crippen molar-refractivity contribution in [1.82, 2.24) is 23.7 Å². The molecule has 0 aliphatic rings. The van der Waals surface area contributed by atoms with Gasteiger partial charge in [0.1, 0.15) is 11.6 Å². The van der Waals surface area contributed by atoms with Crippen LogP contribution in [-0.2, 0) is 0 Å². The molecule has 4 heterocycles. The van der Waals surface area contributed by atoms with Gasteiger partial charge in [0.15, 0.2) is 11.6 Å². The van der Waals surface area contributed by atoms with E-state index >= 15 is 0 Å². The maximum atomic E-state index is 11.1. The third-order valence-corrected chi connectivity index (χ3v) is 9.33. The first-order valence-corrected chi connectivity index (χ1v) is 15.6. The minimum atomic E-state index is 0.396. The van der Waals surface area contributed by atoms with E-state index in [0.717, 1.165) is 65.4 Å². The van der Waals surface area contributed by atoms with Crippen LogP contribution in [0.4, 0.5) is 0 Å². The Morgan fingerprint density at radius 2 is 0.617 bits per heavy atom. The number of fused-ring (bicyclic) bond motifs is 9. The summed E-state index contributed by atoms with van der Waals surface area (Å²) in [7, 11) is 0. The fraction of sp³-hybridized carbons (Fsp3) is 0. The summed E-state index contributed by atoms with van der Waals surface area (Å²) in [5, 5.41) is 17.7. The molecule has 0 bridgehead atoms. The number of nitrogens with zero attached hydrogens (tertiary/aromatic N) is 6. The molecule has 0 radical (unpaired) electrons. The lowest BCUT2D eigenvalue weighted by molar-refractivity contribution is 0.911. The van der Waals surface area contributed by atoms with Gasteiger partial charge in [-0.25, -0.2) is 0 Å². The molecule has 0 atom stereocenters. The van der Waals surface area contributed by atoms with Crippen molar-refractivity contribution in [3.63, 3.8) is 0 Å². The average molecular weight is 601 g/mol. The summed E-state index contributed by atoms with van der Waals surface area (Å²) < 4.78 is 6.37. The molecule has 4 aromatic heterocycles. The fourth-order valence-electron chi connectivity index (χ4n) is 7.39. The molecule has 0 amide bonds. The Balaban J connectivity index is 1.43. The van der Waals surface area contributed by atoms with Gasteiger partial charge in [0, 0.05) is 32.3 Å². The fourth-order valence-corrected chi connectivity index (χ4v) is 7.39. The number of para-hydroxylation sites is 6. The standard InChI is InChI=1S/C41H24N6/c42-25-32-39(45-33-19-7-1-13-26(33)27-14-2-8-20-34(27)45)43-41(47-37-23-11-5-17-30(37)31-18-6-12-24-38(31)47)44-40(32)46-35-21-9-3-15-28(35)29-16-4-10-22-36(29)46/h1-24H. The molecular weight excluding hydrogens is 576 g/mol. The molecule has 0 N–H and O–H groups in total. The molecule has 0 aliphatic carbocycles. The molecule has 10 aromatic rings. The zero-order valence-corrected chi connectivity index (χ0v) is 25.0. The predicted molar refractivity (Wildman–Crippen MR) is 190 cm³/mol. The zero-order chi connectivity index (χ0) is 31.1. The van der Waals surface area contributed by atoms with E-state index in [1.807, 2.05) is 36.4 Å². The molecule has 0 fully saturated rings. The molecule has 0 unspecified atom stereocenters. The van der Waals surface area contributed by atoms with Crippen LogP contribution in [0.15, 0.2) is 146 Å². The largest absolute Gasteiger partial charge is 0.292 e. The van der Waals surface area contributed by atoms with Gasteiger partial charge in [-0.05, 0) is 36.4 Å². The normalized spacial score (nSPS) is 11.8. The Hall–Kier alpha value is -6.71. The second kappa shape index (κ2) is 9.64. The van der Waals surface area contributed by atoms with Crippen LogP contribution in [0.3, 0.4) is 0 Å². The van der Waals surface area contributed by atoms with Crippen molar-refractivity contribution in [3.05, 3.63) is 151 Å². The van der Waals surface area contributed by atoms with Crippen LogP contribution in [0, 0.1) is 11.3 Å². The van der Waals surface area contributed by atoms with Crippen molar-refractivity contribution >= 4 is 65.4 Å². The minimum Gasteiger partial charge on any atom is -0.292 e. The maximum absolute atomic E-state index is 11.1. The van der Waals surface area contributed by atoms with Crippen molar-refractivity contribution < 1.29 is 0 Å². The van der Waals surface area contributed by atoms with E-state index in [2.05, 4.69) is 129 Å². The Labute approximate surface area is 268 Å². The molecule has 10 rings (SSSR count). The van der Waals surface area contributed by atoms with Gasteiger partial charge in [-0.2, -0.15) is 15.2 Å². The average Bonchev–Trinajstić information content (AvgIpc) is 3.77. The van der Waals surface area contributed by atoms with E-state index in [1.54, 1.807) is 0 Å². The molecule has 47 heavy (non-hydrogen) atoms. The molecule has 218 valence electrons. The number of hydrogen-bond acceptors (Lipinski definition) is 3. The van der Waals surface area contributed by atoms with Crippen molar-refractivity contribution in [3.8, 4) is 23.7 Å².